The van der Waals surface area contributed by atoms with E-state index in [0.29, 0.717) is 23.1 Å². The molecule has 1 aromatic heterocycles. The fraction of sp³-hybridized carbons (Fsp3) is 0.667. The molecule has 6 nitrogen and oxygen atoms in total. The van der Waals surface area contributed by atoms with Crippen molar-refractivity contribution in [1.29, 1.82) is 0 Å². The van der Waals surface area contributed by atoms with Crippen LogP contribution in [-0.4, -0.2) is 54.2 Å². The lowest BCUT2D eigenvalue weighted by Gasteiger charge is -2.33. The van der Waals surface area contributed by atoms with E-state index in [0.717, 1.165) is 5.75 Å². The third-order valence-corrected chi connectivity index (χ3v) is 7.01. The number of thiazole rings is 1. The van der Waals surface area contributed by atoms with Gasteiger partial charge in [0, 0.05) is 29.7 Å². The number of carbonyl (C=O) groups is 1. The highest BCUT2D eigenvalue weighted by molar-refractivity contribution is 8.01. The van der Waals surface area contributed by atoms with Crippen molar-refractivity contribution < 1.29 is 18.3 Å². The Morgan fingerprint density at radius 3 is 2.76 bits per heavy atom. The van der Waals surface area contributed by atoms with E-state index in [9.17, 15) is 18.3 Å². The Labute approximate surface area is 132 Å². The van der Waals surface area contributed by atoms with Crippen LogP contribution in [0.4, 0.5) is 5.13 Å². The molecule has 2 rings (SSSR count). The van der Waals surface area contributed by atoms with Crippen LogP contribution in [0.25, 0.3) is 0 Å². The summed E-state index contributed by atoms with van der Waals surface area (Å²) in [6.07, 6.45) is 1.23. The van der Waals surface area contributed by atoms with Gasteiger partial charge in [0.05, 0.1) is 5.69 Å². The number of hydrogen-bond donors (Lipinski definition) is 1. The van der Waals surface area contributed by atoms with Gasteiger partial charge in [0.1, 0.15) is 10.8 Å². The summed E-state index contributed by atoms with van der Waals surface area (Å²) in [5.74, 6) is 0.396. The maximum atomic E-state index is 11.9. The number of anilines is 1. The van der Waals surface area contributed by atoms with E-state index in [1.807, 2.05) is 0 Å². The standard InChI is InChI=1S/C12H18N2O4S3/c1-12(2,10(15)16)8-6-20-11(13-8)14-4-5-19-7-9(14)21(3,17)18/h6,9H,4-5,7H2,1-3H3,(H,15,16). The summed E-state index contributed by atoms with van der Waals surface area (Å²) < 4.78 is 23.8. The van der Waals surface area contributed by atoms with Crippen molar-refractivity contribution >= 4 is 44.0 Å². The number of rotatable bonds is 4. The summed E-state index contributed by atoms with van der Waals surface area (Å²) >= 11 is 2.91. The zero-order valence-corrected chi connectivity index (χ0v) is 14.5. The monoisotopic (exact) mass is 350 g/mol. The third-order valence-electron chi connectivity index (χ3n) is 3.49. The van der Waals surface area contributed by atoms with Crippen molar-refractivity contribution in [2.75, 3.05) is 29.2 Å². The molecular weight excluding hydrogens is 332 g/mol. The lowest BCUT2D eigenvalue weighted by Crippen LogP contribution is -2.47. The number of hydrogen-bond acceptors (Lipinski definition) is 7. The maximum Gasteiger partial charge on any atom is 0.315 e. The minimum atomic E-state index is -3.21. The number of aromatic nitrogens is 1. The van der Waals surface area contributed by atoms with Crippen LogP contribution in [0.15, 0.2) is 5.38 Å². The highest BCUT2D eigenvalue weighted by Crippen LogP contribution is 2.33. The molecule has 1 atom stereocenters. The van der Waals surface area contributed by atoms with Crippen LogP contribution in [0.3, 0.4) is 0 Å². The smallest absolute Gasteiger partial charge is 0.315 e. The molecule has 1 fully saturated rings. The molecule has 118 valence electrons. The third kappa shape index (κ3) is 3.35. The Morgan fingerprint density at radius 1 is 1.52 bits per heavy atom. The van der Waals surface area contributed by atoms with Crippen LogP contribution in [-0.2, 0) is 20.0 Å². The zero-order chi connectivity index (χ0) is 15.8. The molecule has 1 N–H and O–H groups in total. The highest BCUT2D eigenvalue weighted by Gasteiger charge is 2.36. The Morgan fingerprint density at radius 2 is 2.19 bits per heavy atom. The van der Waals surface area contributed by atoms with Crippen molar-refractivity contribution in [1.82, 2.24) is 4.98 Å². The molecule has 2 heterocycles. The topological polar surface area (TPSA) is 87.6 Å². The van der Waals surface area contributed by atoms with Crippen LogP contribution >= 0.6 is 23.1 Å². The number of thioether (sulfide) groups is 1. The molecule has 1 aliphatic rings. The second kappa shape index (κ2) is 5.77. The Balaban J connectivity index is 2.34. The predicted octanol–water partition coefficient (Wildman–Crippen LogP) is 1.43. The van der Waals surface area contributed by atoms with E-state index in [1.165, 1.54) is 17.6 Å². The first-order chi connectivity index (χ1) is 9.64. The summed E-state index contributed by atoms with van der Waals surface area (Å²) in [6, 6.07) is 0. The SMILES string of the molecule is CC(C)(C(=O)O)c1csc(N2CCSCC2S(C)(=O)=O)n1. The molecule has 0 radical (unpaired) electrons. The van der Waals surface area contributed by atoms with Crippen molar-refractivity contribution in [2.45, 2.75) is 24.6 Å². The number of aliphatic carboxylic acids is 1. The van der Waals surface area contributed by atoms with Crippen molar-refractivity contribution in [3.8, 4) is 0 Å². The summed E-state index contributed by atoms with van der Waals surface area (Å²) in [4.78, 5) is 17.4. The van der Waals surface area contributed by atoms with Gasteiger partial charge < -0.3 is 10.0 Å². The molecule has 0 bridgehead atoms. The van der Waals surface area contributed by atoms with Crippen molar-refractivity contribution in [2.24, 2.45) is 0 Å². The van der Waals surface area contributed by atoms with Gasteiger partial charge in [0.15, 0.2) is 15.0 Å². The largest absolute Gasteiger partial charge is 0.481 e. The van der Waals surface area contributed by atoms with Gasteiger partial charge in [0.25, 0.3) is 0 Å². The summed E-state index contributed by atoms with van der Waals surface area (Å²) in [5, 5.41) is 10.9. The van der Waals surface area contributed by atoms with Gasteiger partial charge in [0.2, 0.25) is 0 Å². The normalized spacial score (nSPS) is 20.5. The molecule has 9 heteroatoms. The number of carboxylic acids is 1. The first-order valence-electron chi connectivity index (χ1n) is 6.36. The van der Waals surface area contributed by atoms with E-state index in [1.54, 1.807) is 35.9 Å². The Hall–Kier alpha value is -0.800. The molecule has 0 saturated carbocycles. The Bertz CT molecular complexity index is 639. The second-order valence-corrected chi connectivity index (χ2v) is 9.69. The number of sulfone groups is 1. The van der Waals surface area contributed by atoms with Gasteiger partial charge in [-0.05, 0) is 13.8 Å². The predicted molar refractivity (Wildman–Crippen MR) is 86.1 cm³/mol. The summed E-state index contributed by atoms with van der Waals surface area (Å²) in [6.45, 7) is 3.78. The molecule has 1 aliphatic heterocycles. The highest BCUT2D eigenvalue weighted by atomic mass is 32.2. The molecule has 0 aliphatic carbocycles. The minimum Gasteiger partial charge on any atom is -0.481 e. The van der Waals surface area contributed by atoms with Gasteiger partial charge in [-0.25, -0.2) is 13.4 Å². The molecule has 1 saturated heterocycles. The molecule has 0 spiro atoms. The minimum absolute atomic E-state index is 0.459. The molecule has 1 aromatic rings. The average molecular weight is 350 g/mol. The first-order valence-corrected chi connectivity index (χ1v) is 10.4. The molecule has 0 amide bonds. The van der Waals surface area contributed by atoms with Crippen LogP contribution in [0.1, 0.15) is 19.5 Å². The van der Waals surface area contributed by atoms with Gasteiger partial charge in [-0.1, -0.05) is 0 Å². The second-order valence-electron chi connectivity index (χ2n) is 5.50. The summed E-state index contributed by atoms with van der Waals surface area (Å²) in [7, 11) is -3.21. The maximum absolute atomic E-state index is 11.9. The average Bonchev–Trinajstić information content (AvgIpc) is 2.87. The summed E-state index contributed by atoms with van der Waals surface area (Å²) in [5.41, 5.74) is -0.625. The van der Waals surface area contributed by atoms with E-state index < -0.39 is 26.6 Å². The van der Waals surface area contributed by atoms with Crippen molar-refractivity contribution in [3.05, 3.63) is 11.1 Å². The van der Waals surface area contributed by atoms with Gasteiger partial charge in [-0.3, -0.25) is 4.79 Å². The van der Waals surface area contributed by atoms with E-state index >= 15 is 0 Å². The van der Waals surface area contributed by atoms with Gasteiger partial charge in [-0.15, -0.1) is 11.3 Å². The Kier molecular flexibility index (Phi) is 4.55. The fourth-order valence-corrected chi connectivity index (χ4v) is 5.90. The van der Waals surface area contributed by atoms with E-state index in [-0.39, 0.29) is 0 Å². The van der Waals surface area contributed by atoms with Gasteiger partial charge in [-0.2, -0.15) is 11.8 Å². The first kappa shape index (κ1) is 16.6. The lowest BCUT2D eigenvalue weighted by atomic mass is 9.90. The van der Waals surface area contributed by atoms with Crippen molar-refractivity contribution in [3.63, 3.8) is 0 Å². The lowest BCUT2D eigenvalue weighted by molar-refractivity contribution is -0.142. The molecule has 1 unspecified atom stereocenters. The molecular formula is C12H18N2O4S3. The zero-order valence-electron chi connectivity index (χ0n) is 12.1. The van der Waals surface area contributed by atoms with Crippen LogP contribution in [0, 0.1) is 0 Å². The van der Waals surface area contributed by atoms with E-state index in [4.69, 9.17) is 0 Å². The van der Waals surface area contributed by atoms with Crippen LogP contribution in [0.5, 0.6) is 0 Å². The quantitative estimate of drug-likeness (QED) is 0.879. The number of carboxylic acid groups (broad SMARTS) is 1. The molecule has 21 heavy (non-hydrogen) atoms. The fourth-order valence-electron chi connectivity index (χ4n) is 1.95. The molecule has 0 aromatic carbocycles. The van der Waals surface area contributed by atoms with Gasteiger partial charge >= 0.3 is 5.97 Å². The van der Waals surface area contributed by atoms with Crippen LogP contribution in [0.2, 0.25) is 0 Å². The number of nitrogens with zero attached hydrogens (tertiary/aromatic N) is 2. The van der Waals surface area contributed by atoms with Crippen LogP contribution < -0.4 is 4.90 Å². The van der Waals surface area contributed by atoms with E-state index in [2.05, 4.69) is 4.98 Å².